The van der Waals surface area contributed by atoms with E-state index < -0.39 is 0 Å². The summed E-state index contributed by atoms with van der Waals surface area (Å²) in [7, 11) is 0. The minimum Gasteiger partial charge on any atom is -0.346 e. The third kappa shape index (κ3) is 10.1. The molecule has 0 bridgehead atoms. The highest BCUT2D eigenvalue weighted by molar-refractivity contribution is 5.89. The van der Waals surface area contributed by atoms with Crippen molar-refractivity contribution in [3.63, 3.8) is 0 Å². The summed E-state index contributed by atoms with van der Waals surface area (Å²) in [6.45, 7) is 4.33. The van der Waals surface area contributed by atoms with Crippen molar-refractivity contribution in [3.8, 4) is 0 Å². The van der Waals surface area contributed by atoms with Gasteiger partial charge in [-0.2, -0.15) is 0 Å². The first kappa shape index (κ1) is 21.4. The van der Waals surface area contributed by atoms with Crippen LogP contribution in [0.1, 0.15) is 83.6 Å². The van der Waals surface area contributed by atoms with Crippen LogP contribution in [0.5, 0.6) is 0 Å². The molecule has 0 aromatic heterocycles. The topological polar surface area (TPSA) is 46.2 Å². The van der Waals surface area contributed by atoms with Crippen LogP contribution in [0.3, 0.4) is 0 Å². The molecule has 0 unspecified atom stereocenters. The summed E-state index contributed by atoms with van der Waals surface area (Å²) >= 11 is 0. The van der Waals surface area contributed by atoms with Gasteiger partial charge in [0.05, 0.1) is 6.04 Å². The van der Waals surface area contributed by atoms with Crippen LogP contribution >= 0.6 is 0 Å². The van der Waals surface area contributed by atoms with Crippen molar-refractivity contribution in [1.29, 1.82) is 0 Å². The summed E-state index contributed by atoms with van der Waals surface area (Å²) in [6.07, 6.45) is 10.3. The van der Waals surface area contributed by atoms with Crippen molar-refractivity contribution in [2.75, 3.05) is 0 Å². The van der Waals surface area contributed by atoms with Gasteiger partial charge in [-0.1, -0.05) is 82.7 Å². The molecule has 1 N–H and O–H groups in total. The van der Waals surface area contributed by atoms with E-state index in [1.54, 1.807) is 0 Å². The van der Waals surface area contributed by atoms with Gasteiger partial charge in [0.1, 0.15) is 0 Å². The van der Waals surface area contributed by atoms with Gasteiger partial charge in [-0.15, -0.1) is 0 Å². The summed E-state index contributed by atoms with van der Waals surface area (Å²) in [5.41, 5.74) is 1.10. The van der Waals surface area contributed by atoms with Gasteiger partial charge in [0, 0.05) is 12.8 Å². The van der Waals surface area contributed by atoms with Crippen LogP contribution in [0, 0.1) is 0 Å². The standard InChI is InChI=1S/C22H35NO2/c1-3-5-7-12-16-21(24)20(18-19-14-10-9-11-15-19)23-22(25)17-13-8-6-4-2/h9-11,14-15,20H,3-8,12-13,16-18H2,1-2H3,(H,23,25)/t20-/m0/s1. The van der Waals surface area contributed by atoms with E-state index in [4.69, 9.17) is 0 Å². The number of carbonyl (C=O) groups excluding carboxylic acids is 2. The predicted octanol–water partition coefficient (Wildman–Crippen LogP) is 5.22. The molecule has 0 radical (unpaired) electrons. The number of rotatable bonds is 14. The number of hydrogen-bond donors (Lipinski definition) is 1. The Hall–Kier alpha value is -1.64. The lowest BCUT2D eigenvalue weighted by Gasteiger charge is -2.18. The number of benzene rings is 1. The van der Waals surface area contributed by atoms with E-state index in [9.17, 15) is 9.59 Å². The lowest BCUT2D eigenvalue weighted by Crippen LogP contribution is -2.42. The Morgan fingerprint density at radius 1 is 0.840 bits per heavy atom. The number of Topliss-reactive ketones (excluding diaryl/α,β-unsaturated/α-hetero) is 1. The summed E-state index contributed by atoms with van der Waals surface area (Å²) < 4.78 is 0. The van der Waals surface area contributed by atoms with Gasteiger partial charge < -0.3 is 5.32 Å². The summed E-state index contributed by atoms with van der Waals surface area (Å²) in [6, 6.07) is 9.57. The molecule has 140 valence electrons. The van der Waals surface area contributed by atoms with E-state index in [0.29, 0.717) is 19.3 Å². The van der Waals surface area contributed by atoms with Crippen LogP contribution in [0.4, 0.5) is 0 Å². The van der Waals surface area contributed by atoms with Gasteiger partial charge in [-0.05, 0) is 24.8 Å². The predicted molar refractivity (Wildman–Crippen MR) is 105 cm³/mol. The molecule has 3 heteroatoms. The second-order valence-electron chi connectivity index (χ2n) is 6.90. The van der Waals surface area contributed by atoms with E-state index >= 15 is 0 Å². The van der Waals surface area contributed by atoms with Gasteiger partial charge in [0.15, 0.2) is 5.78 Å². The minimum absolute atomic E-state index is 0.0129. The number of nitrogens with one attached hydrogen (secondary N) is 1. The van der Waals surface area contributed by atoms with Crippen LogP contribution in [-0.4, -0.2) is 17.7 Å². The zero-order valence-electron chi connectivity index (χ0n) is 16.1. The maximum atomic E-state index is 12.6. The van der Waals surface area contributed by atoms with Crippen molar-refractivity contribution >= 4 is 11.7 Å². The lowest BCUT2D eigenvalue weighted by molar-refractivity contribution is -0.128. The number of hydrogen-bond acceptors (Lipinski definition) is 2. The highest BCUT2D eigenvalue weighted by atomic mass is 16.2. The van der Waals surface area contributed by atoms with Gasteiger partial charge in [0.2, 0.25) is 5.91 Å². The Bertz CT molecular complexity index is 484. The molecule has 1 aromatic rings. The number of carbonyl (C=O) groups is 2. The van der Waals surface area contributed by atoms with Gasteiger partial charge in [0.25, 0.3) is 0 Å². The highest BCUT2D eigenvalue weighted by Crippen LogP contribution is 2.10. The molecular weight excluding hydrogens is 310 g/mol. The average molecular weight is 346 g/mol. The molecule has 3 nitrogen and oxygen atoms in total. The van der Waals surface area contributed by atoms with E-state index in [0.717, 1.165) is 50.5 Å². The number of unbranched alkanes of at least 4 members (excludes halogenated alkanes) is 6. The fourth-order valence-corrected chi connectivity index (χ4v) is 2.97. The zero-order valence-corrected chi connectivity index (χ0v) is 16.1. The number of ketones is 1. The molecular formula is C22H35NO2. The molecule has 0 aliphatic carbocycles. The Labute approximate surface area is 153 Å². The molecule has 1 rings (SSSR count). The van der Waals surface area contributed by atoms with Crippen molar-refractivity contribution in [3.05, 3.63) is 35.9 Å². The zero-order chi connectivity index (χ0) is 18.3. The second-order valence-corrected chi connectivity index (χ2v) is 6.90. The van der Waals surface area contributed by atoms with Crippen molar-refractivity contribution in [1.82, 2.24) is 5.32 Å². The largest absolute Gasteiger partial charge is 0.346 e. The Kier molecular flexibility index (Phi) is 11.7. The van der Waals surface area contributed by atoms with E-state index in [1.165, 1.54) is 6.42 Å². The molecule has 0 heterocycles. The third-order valence-corrected chi connectivity index (χ3v) is 4.54. The lowest BCUT2D eigenvalue weighted by atomic mass is 9.98. The average Bonchev–Trinajstić information content (AvgIpc) is 2.62. The monoisotopic (exact) mass is 345 g/mol. The Balaban J connectivity index is 2.54. The molecule has 0 saturated carbocycles. The van der Waals surface area contributed by atoms with Crippen LogP contribution in [0.15, 0.2) is 30.3 Å². The number of amides is 1. The summed E-state index contributed by atoms with van der Waals surface area (Å²) in [5.74, 6) is 0.181. The summed E-state index contributed by atoms with van der Waals surface area (Å²) in [5, 5.41) is 2.99. The van der Waals surface area contributed by atoms with E-state index in [1.807, 2.05) is 30.3 Å². The first-order valence-corrected chi connectivity index (χ1v) is 10.0. The second kappa shape index (κ2) is 13.6. The molecule has 0 spiro atoms. The van der Waals surface area contributed by atoms with E-state index in [2.05, 4.69) is 19.2 Å². The molecule has 0 aliphatic rings. The van der Waals surface area contributed by atoms with Crippen molar-refractivity contribution < 1.29 is 9.59 Å². The molecule has 0 aliphatic heterocycles. The quantitative estimate of drug-likeness (QED) is 0.470. The molecule has 0 fully saturated rings. The normalized spacial score (nSPS) is 11.9. The summed E-state index contributed by atoms with van der Waals surface area (Å²) in [4.78, 5) is 24.8. The Morgan fingerprint density at radius 2 is 1.44 bits per heavy atom. The maximum absolute atomic E-state index is 12.6. The van der Waals surface area contributed by atoms with E-state index in [-0.39, 0.29) is 17.7 Å². The minimum atomic E-state index is -0.386. The van der Waals surface area contributed by atoms with Gasteiger partial charge in [-0.25, -0.2) is 0 Å². The van der Waals surface area contributed by atoms with Crippen LogP contribution in [0.25, 0.3) is 0 Å². The first-order chi connectivity index (χ1) is 12.2. The Morgan fingerprint density at radius 3 is 2.04 bits per heavy atom. The van der Waals surface area contributed by atoms with Crippen molar-refractivity contribution in [2.24, 2.45) is 0 Å². The molecule has 0 saturated heterocycles. The SMILES string of the molecule is CCCCCCC(=O)N[C@@H](Cc1ccccc1)C(=O)CCCCCC. The molecule has 25 heavy (non-hydrogen) atoms. The van der Waals surface area contributed by atoms with Crippen LogP contribution in [-0.2, 0) is 16.0 Å². The smallest absolute Gasteiger partial charge is 0.220 e. The first-order valence-electron chi connectivity index (χ1n) is 10.0. The maximum Gasteiger partial charge on any atom is 0.220 e. The fraction of sp³-hybridized carbons (Fsp3) is 0.636. The highest BCUT2D eigenvalue weighted by Gasteiger charge is 2.20. The molecule has 1 aromatic carbocycles. The fourth-order valence-electron chi connectivity index (χ4n) is 2.97. The van der Waals surface area contributed by atoms with Crippen molar-refractivity contribution in [2.45, 2.75) is 90.5 Å². The molecule has 1 amide bonds. The third-order valence-electron chi connectivity index (χ3n) is 4.54. The van der Waals surface area contributed by atoms with Gasteiger partial charge >= 0.3 is 0 Å². The van der Waals surface area contributed by atoms with Crippen LogP contribution in [0.2, 0.25) is 0 Å². The van der Waals surface area contributed by atoms with Crippen LogP contribution < -0.4 is 5.32 Å². The van der Waals surface area contributed by atoms with Gasteiger partial charge in [-0.3, -0.25) is 9.59 Å². The molecule has 1 atom stereocenters.